The van der Waals surface area contributed by atoms with Crippen molar-refractivity contribution in [3.8, 4) is 0 Å². The summed E-state index contributed by atoms with van der Waals surface area (Å²) in [5, 5.41) is 0. The Morgan fingerprint density at radius 1 is 0.920 bits per heavy atom. The zero-order valence-electron chi connectivity index (χ0n) is 14.6. The lowest BCUT2D eigenvalue weighted by Gasteiger charge is -2.38. The van der Waals surface area contributed by atoms with Gasteiger partial charge >= 0.3 is 20.8 Å². The van der Waals surface area contributed by atoms with Crippen LogP contribution in [0.5, 0.6) is 0 Å². The summed E-state index contributed by atoms with van der Waals surface area (Å²) in [6.07, 6.45) is -6.77. The Kier molecular flexibility index (Phi) is 7.54. The number of hydrogen-bond donors (Lipinski definition) is 0. The van der Waals surface area contributed by atoms with E-state index >= 15 is 0 Å². The SMILES string of the molecule is CC(C)O[Si](Cc1ccccc1)(OC(C)C)OC(F)(CF)C(F)(F)F. The summed E-state index contributed by atoms with van der Waals surface area (Å²) in [4.78, 5) is 0. The van der Waals surface area contributed by atoms with Crippen molar-refractivity contribution in [3.63, 3.8) is 0 Å². The van der Waals surface area contributed by atoms with Crippen LogP contribution in [-0.4, -0.2) is 39.7 Å². The molecule has 0 amide bonds. The summed E-state index contributed by atoms with van der Waals surface area (Å²) >= 11 is 0. The van der Waals surface area contributed by atoms with Gasteiger partial charge in [0, 0.05) is 18.3 Å². The van der Waals surface area contributed by atoms with Crippen molar-refractivity contribution >= 4 is 8.80 Å². The predicted octanol–water partition coefficient (Wildman–Crippen LogP) is 4.77. The molecule has 0 aliphatic heterocycles. The Labute approximate surface area is 145 Å². The second-order valence-corrected chi connectivity index (χ2v) is 8.54. The molecule has 1 atom stereocenters. The summed E-state index contributed by atoms with van der Waals surface area (Å²) in [6.45, 7) is 3.85. The fraction of sp³-hybridized carbons (Fsp3) is 0.625. The smallest absolute Gasteiger partial charge is 0.371 e. The van der Waals surface area contributed by atoms with E-state index in [1.54, 1.807) is 58.0 Å². The van der Waals surface area contributed by atoms with Crippen molar-refractivity contribution < 1.29 is 35.2 Å². The Morgan fingerprint density at radius 3 is 1.76 bits per heavy atom. The highest BCUT2D eigenvalue weighted by Crippen LogP contribution is 2.39. The van der Waals surface area contributed by atoms with Gasteiger partial charge < -0.3 is 13.3 Å². The third-order valence-electron chi connectivity index (χ3n) is 3.01. The molecule has 3 nitrogen and oxygen atoms in total. The van der Waals surface area contributed by atoms with Crippen LogP contribution in [0.25, 0.3) is 0 Å². The molecule has 0 bridgehead atoms. The molecular weight excluding hydrogens is 363 g/mol. The molecule has 0 fully saturated rings. The van der Waals surface area contributed by atoms with Gasteiger partial charge in [0.25, 0.3) is 0 Å². The number of alkyl halides is 5. The van der Waals surface area contributed by atoms with Gasteiger partial charge in [-0.3, -0.25) is 0 Å². The molecule has 9 heteroatoms. The van der Waals surface area contributed by atoms with Gasteiger partial charge in [0.05, 0.1) is 0 Å². The van der Waals surface area contributed by atoms with Crippen LogP contribution >= 0.6 is 0 Å². The van der Waals surface area contributed by atoms with Crippen molar-refractivity contribution in [3.05, 3.63) is 35.9 Å². The van der Waals surface area contributed by atoms with Crippen LogP contribution in [0.4, 0.5) is 22.0 Å². The number of rotatable bonds is 9. The van der Waals surface area contributed by atoms with E-state index in [0.29, 0.717) is 5.56 Å². The molecular formula is C16H23F5O3Si. The summed E-state index contributed by atoms with van der Waals surface area (Å²) in [5.41, 5.74) is 0.541. The first-order valence-electron chi connectivity index (χ1n) is 7.84. The van der Waals surface area contributed by atoms with Crippen molar-refractivity contribution in [2.45, 2.75) is 58.0 Å². The van der Waals surface area contributed by atoms with E-state index in [1.807, 2.05) is 0 Å². The van der Waals surface area contributed by atoms with E-state index in [1.165, 1.54) is 0 Å². The molecule has 1 rings (SSSR count). The molecule has 0 N–H and O–H groups in total. The monoisotopic (exact) mass is 386 g/mol. The average molecular weight is 386 g/mol. The molecule has 144 valence electrons. The van der Waals surface area contributed by atoms with E-state index in [2.05, 4.69) is 0 Å². The topological polar surface area (TPSA) is 27.7 Å². The van der Waals surface area contributed by atoms with Crippen LogP contribution < -0.4 is 0 Å². The molecule has 0 radical (unpaired) electrons. The molecule has 0 heterocycles. The second kappa shape index (κ2) is 8.57. The first-order valence-corrected chi connectivity index (χ1v) is 9.77. The van der Waals surface area contributed by atoms with Crippen LogP contribution in [0.1, 0.15) is 33.3 Å². The van der Waals surface area contributed by atoms with E-state index in [9.17, 15) is 22.0 Å². The second-order valence-electron chi connectivity index (χ2n) is 6.14. The molecule has 1 unspecified atom stereocenters. The first-order chi connectivity index (χ1) is 11.4. The number of halogens is 5. The van der Waals surface area contributed by atoms with E-state index in [4.69, 9.17) is 13.3 Å². The summed E-state index contributed by atoms with van der Waals surface area (Å²) in [5.74, 6) is -4.49. The summed E-state index contributed by atoms with van der Waals surface area (Å²) < 4.78 is 82.1. The predicted molar refractivity (Wildman–Crippen MR) is 85.3 cm³/mol. The van der Waals surface area contributed by atoms with Gasteiger partial charge in [0.15, 0.2) is 6.67 Å². The van der Waals surface area contributed by atoms with Gasteiger partial charge in [0.2, 0.25) is 0 Å². The summed E-state index contributed by atoms with van der Waals surface area (Å²) in [6, 6.07) is 8.09. The zero-order valence-corrected chi connectivity index (χ0v) is 15.6. The fourth-order valence-corrected chi connectivity index (χ4v) is 5.39. The maximum absolute atomic E-state index is 14.3. The molecule has 1 aromatic rings. The highest BCUT2D eigenvalue weighted by atomic mass is 28.4. The van der Waals surface area contributed by atoms with Crippen LogP contribution in [0.3, 0.4) is 0 Å². The van der Waals surface area contributed by atoms with Crippen molar-refractivity contribution in [1.82, 2.24) is 0 Å². The van der Waals surface area contributed by atoms with Crippen LogP contribution in [0, 0.1) is 0 Å². The van der Waals surface area contributed by atoms with Crippen molar-refractivity contribution in [2.24, 2.45) is 0 Å². The van der Waals surface area contributed by atoms with Gasteiger partial charge in [-0.1, -0.05) is 30.3 Å². The normalized spacial score (nSPS) is 15.6. The molecule has 0 saturated carbocycles. The van der Waals surface area contributed by atoms with Gasteiger partial charge in [-0.25, -0.2) is 4.39 Å². The van der Waals surface area contributed by atoms with Gasteiger partial charge in [0.1, 0.15) is 0 Å². The standard InChI is InChI=1S/C16H23F5O3Si/c1-12(2)22-25(23-13(3)4,10-14-8-6-5-7-9-14)24-15(18,11-17)16(19,20)21/h5-9,12-13H,10-11H2,1-4H3. The average Bonchev–Trinajstić information content (AvgIpc) is 2.45. The van der Waals surface area contributed by atoms with Gasteiger partial charge in [-0.15, -0.1) is 0 Å². The van der Waals surface area contributed by atoms with Crippen molar-refractivity contribution in [2.75, 3.05) is 6.67 Å². The van der Waals surface area contributed by atoms with Gasteiger partial charge in [-0.05, 0) is 33.3 Å². The van der Waals surface area contributed by atoms with Crippen LogP contribution in [0.15, 0.2) is 30.3 Å². The maximum atomic E-state index is 14.3. The Balaban J connectivity index is 3.31. The third-order valence-corrected chi connectivity index (χ3v) is 6.14. The molecule has 1 aromatic carbocycles. The molecule has 0 aromatic heterocycles. The molecule has 0 spiro atoms. The summed E-state index contributed by atoms with van der Waals surface area (Å²) in [7, 11) is -4.26. The number of hydrogen-bond acceptors (Lipinski definition) is 3. The van der Waals surface area contributed by atoms with E-state index in [-0.39, 0.29) is 6.04 Å². The fourth-order valence-electron chi connectivity index (χ4n) is 2.17. The zero-order chi connectivity index (χ0) is 19.3. The van der Waals surface area contributed by atoms with Crippen LogP contribution in [-0.2, 0) is 19.3 Å². The van der Waals surface area contributed by atoms with E-state index in [0.717, 1.165) is 0 Å². The number of benzene rings is 1. The molecule has 0 saturated heterocycles. The minimum atomic E-state index is -5.56. The lowest BCUT2D eigenvalue weighted by atomic mass is 10.2. The Morgan fingerprint density at radius 2 is 1.40 bits per heavy atom. The maximum Gasteiger partial charge on any atom is 0.508 e. The third kappa shape index (κ3) is 6.32. The minimum Gasteiger partial charge on any atom is -0.371 e. The minimum absolute atomic E-state index is 0.216. The molecule has 25 heavy (non-hydrogen) atoms. The van der Waals surface area contributed by atoms with Crippen molar-refractivity contribution in [1.29, 1.82) is 0 Å². The Hall–Kier alpha value is -1.03. The highest BCUT2D eigenvalue weighted by molar-refractivity contribution is 6.60. The van der Waals surface area contributed by atoms with Gasteiger partial charge in [-0.2, -0.15) is 17.6 Å². The van der Waals surface area contributed by atoms with E-state index < -0.39 is 39.7 Å². The lowest BCUT2D eigenvalue weighted by molar-refractivity contribution is -0.320. The molecule has 0 aliphatic carbocycles. The largest absolute Gasteiger partial charge is 0.508 e. The first kappa shape index (κ1) is 22.0. The lowest BCUT2D eigenvalue weighted by Crippen LogP contribution is -2.60. The van der Waals surface area contributed by atoms with Crippen LogP contribution in [0.2, 0.25) is 0 Å². The molecule has 0 aliphatic rings. The quantitative estimate of drug-likeness (QED) is 0.452. The Bertz CT molecular complexity index is 514. The highest BCUT2D eigenvalue weighted by Gasteiger charge is 2.64.